The number of allylic oxidation sites excluding steroid dienone is 1. The molecule has 0 unspecified atom stereocenters. The minimum atomic E-state index is -0.974. The van der Waals surface area contributed by atoms with Crippen molar-refractivity contribution in [1.82, 2.24) is 0 Å². The zero-order valence-electron chi connectivity index (χ0n) is 12.6. The molecule has 3 nitrogen and oxygen atoms in total. The fraction of sp³-hybridized carbons (Fsp3) is 0.167. The number of carbonyl (C=O) groups is 1. The van der Waals surface area contributed by atoms with Gasteiger partial charge in [0.2, 0.25) is 0 Å². The summed E-state index contributed by atoms with van der Waals surface area (Å²) in [5.41, 5.74) is 0.454. The Labute approximate surface area is 133 Å². The van der Waals surface area contributed by atoms with Crippen molar-refractivity contribution in [2.45, 2.75) is 0 Å². The van der Waals surface area contributed by atoms with Gasteiger partial charge in [-0.05, 0) is 42.5 Å². The lowest BCUT2D eigenvalue weighted by Gasteiger charge is -2.05. The normalized spacial score (nSPS) is 10.9. The van der Waals surface area contributed by atoms with Crippen molar-refractivity contribution in [3.8, 4) is 5.75 Å². The largest absolute Gasteiger partial charge is 0.491 e. The zero-order valence-corrected chi connectivity index (χ0v) is 12.6. The van der Waals surface area contributed by atoms with E-state index in [1.54, 1.807) is 31.4 Å². The molecule has 23 heavy (non-hydrogen) atoms. The molecule has 0 saturated carbocycles. The first-order chi connectivity index (χ1) is 11.1. The number of carbonyl (C=O) groups excluding carboxylic acids is 1. The number of halogens is 2. The quantitative estimate of drug-likeness (QED) is 0.441. The van der Waals surface area contributed by atoms with E-state index >= 15 is 0 Å². The van der Waals surface area contributed by atoms with Gasteiger partial charge in [-0.15, -0.1) is 0 Å². The second-order valence-electron chi connectivity index (χ2n) is 4.71. The summed E-state index contributed by atoms with van der Waals surface area (Å²) in [7, 11) is 1.58. The topological polar surface area (TPSA) is 35.5 Å². The van der Waals surface area contributed by atoms with Crippen LogP contribution in [0.3, 0.4) is 0 Å². The van der Waals surface area contributed by atoms with Gasteiger partial charge in [0.15, 0.2) is 17.4 Å². The van der Waals surface area contributed by atoms with Crippen LogP contribution in [-0.2, 0) is 4.74 Å². The lowest BCUT2D eigenvalue weighted by Crippen LogP contribution is -2.04. The van der Waals surface area contributed by atoms with Crippen molar-refractivity contribution >= 4 is 11.9 Å². The number of benzene rings is 2. The van der Waals surface area contributed by atoms with Crippen LogP contribution < -0.4 is 4.74 Å². The molecule has 0 bridgehead atoms. The number of hydrogen-bond acceptors (Lipinski definition) is 3. The molecule has 2 aromatic carbocycles. The predicted molar refractivity (Wildman–Crippen MR) is 83.5 cm³/mol. The van der Waals surface area contributed by atoms with Crippen molar-refractivity contribution in [2.24, 2.45) is 0 Å². The number of ketones is 1. The van der Waals surface area contributed by atoms with Crippen LogP contribution in [0.1, 0.15) is 15.9 Å². The Morgan fingerprint density at radius 2 is 1.83 bits per heavy atom. The van der Waals surface area contributed by atoms with E-state index in [1.807, 2.05) is 0 Å². The summed E-state index contributed by atoms with van der Waals surface area (Å²) in [6.07, 6.45) is 2.46. The van der Waals surface area contributed by atoms with Crippen LogP contribution in [0.4, 0.5) is 8.78 Å². The number of rotatable bonds is 7. The molecule has 0 fully saturated rings. The molecule has 0 radical (unpaired) electrons. The molecule has 0 aromatic heterocycles. The van der Waals surface area contributed by atoms with E-state index in [0.717, 1.165) is 6.07 Å². The van der Waals surface area contributed by atoms with Crippen LogP contribution in [0, 0.1) is 11.6 Å². The van der Waals surface area contributed by atoms with E-state index in [1.165, 1.54) is 24.3 Å². The SMILES string of the molecule is COCCOc1ccc(C(=O)C=Cc2cccc(F)c2F)cc1. The van der Waals surface area contributed by atoms with E-state index in [9.17, 15) is 13.6 Å². The Kier molecular flexibility index (Phi) is 6.00. The van der Waals surface area contributed by atoms with E-state index in [4.69, 9.17) is 9.47 Å². The molecule has 0 atom stereocenters. The smallest absolute Gasteiger partial charge is 0.185 e. The van der Waals surface area contributed by atoms with Gasteiger partial charge in [0, 0.05) is 18.2 Å². The van der Waals surface area contributed by atoms with E-state index in [-0.39, 0.29) is 11.3 Å². The number of ether oxygens (including phenoxy) is 2. The molecule has 0 spiro atoms. The van der Waals surface area contributed by atoms with Crippen molar-refractivity contribution in [3.63, 3.8) is 0 Å². The molecule has 0 heterocycles. The summed E-state index contributed by atoms with van der Waals surface area (Å²) in [6.45, 7) is 0.894. The lowest BCUT2D eigenvalue weighted by molar-refractivity contribution is 0.104. The lowest BCUT2D eigenvalue weighted by atomic mass is 10.1. The molecule has 0 saturated heterocycles. The molecule has 0 amide bonds. The minimum absolute atomic E-state index is 0.0258. The second-order valence-corrected chi connectivity index (χ2v) is 4.71. The summed E-state index contributed by atoms with van der Waals surface area (Å²) in [4.78, 5) is 12.0. The van der Waals surface area contributed by atoms with Gasteiger partial charge in [0.25, 0.3) is 0 Å². The van der Waals surface area contributed by atoms with Crippen LogP contribution in [0.2, 0.25) is 0 Å². The third-order valence-corrected chi connectivity index (χ3v) is 3.09. The fourth-order valence-electron chi connectivity index (χ4n) is 1.87. The Morgan fingerprint density at radius 1 is 1.09 bits per heavy atom. The van der Waals surface area contributed by atoms with Crippen LogP contribution in [0.15, 0.2) is 48.5 Å². The summed E-state index contributed by atoms with van der Waals surface area (Å²) in [6, 6.07) is 10.4. The van der Waals surface area contributed by atoms with Gasteiger partial charge >= 0.3 is 0 Å². The third-order valence-electron chi connectivity index (χ3n) is 3.09. The van der Waals surface area contributed by atoms with Gasteiger partial charge in [-0.1, -0.05) is 12.1 Å². The Morgan fingerprint density at radius 3 is 2.52 bits per heavy atom. The average Bonchev–Trinajstić information content (AvgIpc) is 2.57. The van der Waals surface area contributed by atoms with Crippen molar-refractivity contribution < 1.29 is 23.0 Å². The molecule has 120 valence electrons. The predicted octanol–water partition coefficient (Wildman–Crippen LogP) is 3.89. The highest BCUT2D eigenvalue weighted by atomic mass is 19.2. The first-order valence-electron chi connectivity index (χ1n) is 7.00. The molecule has 0 aliphatic heterocycles. The maximum absolute atomic E-state index is 13.5. The van der Waals surface area contributed by atoms with Gasteiger partial charge < -0.3 is 9.47 Å². The van der Waals surface area contributed by atoms with Crippen molar-refractivity contribution in [3.05, 3.63) is 71.3 Å². The molecule has 2 aromatic rings. The molecule has 0 N–H and O–H groups in total. The monoisotopic (exact) mass is 318 g/mol. The van der Waals surface area contributed by atoms with E-state index in [0.29, 0.717) is 24.5 Å². The maximum Gasteiger partial charge on any atom is 0.185 e. The second kappa shape index (κ2) is 8.19. The highest BCUT2D eigenvalue weighted by molar-refractivity contribution is 6.06. The van der Waals surface area contributed by atoms with Gasteiger partial charge in [0.1, 0.15) is 12.4 Å². The average molecular weight is 318 g/mol. The number of methoxy groups -OCH3 is 1. The Hall–Kier alpha value is -2.53. The van der Waals surface area contributed by atoms with Crippen LogP contribution in [0.5, 0.6) is 5.75 Å². The summed E-state index contributed by atoms with van der Waals surface area (Å²) in [5, 5.41) is 0. The molecule has 5 heteroatoms. The van der Waals surface area contributed by atoms with Crippen LogP contribution >= 0.6 is 0 Å². The van der Waals surface area contributed by atoms with Crippen molar-refractivity contribution in [2.75, 3.05) is 20.3 Å². The molecular formula is C18H16F2O3. The zero-order chi connectivity index (χ0) is 16.7. The van der Waals surface area contributed by atoms with Gasteiger partial charge in [-0.25, -0.2) is 8.78 Å². The molecular weight excluding hydrogens is 302 g/mol. The van der Waals surface area contributed by atoms with E-state index < -0.39 is 11.6 Å². The van der Waals surface area contributed by atoms with E-state index in [2.05, 4.69) is 0 Å². The minimum Gasteiger partial charge on any atom is -0.491 e. The summed E-state index contributed by atoms with van der Waals surface area (Å²) in [5.74, 6) is -1.61. The highest BCUT2D eigenvalue weighted by Crippen LogP contribution is 2.15. The van der Waals surface area contributed by atoms with Gasteiger partial charge in [-0.2, -0.15) is 0 Å². The first-order valence-corrected chi connectivity index (χ1v) is 7.00. The Balaban J connectivity index is 2.03. The summed E-state index contributed by atoms with van der Waals surface area (Å²) < 4.78 is 36.8. The maximum atomic E-state index is 13.5. The number of hydrogen-bond donors (Lipinski definition) is 0. The van der Waals surface area contributed by atoms with Crippen molar-refractivity contribution in [1.29, 1.82) is 0 Å². The van der Waals surface area contributed by atoms with Gasteiger partial charge in [0.05, 0.1) is 6.61 Å². The third kappa shape index (κ3) is 4.72. The molecule has 0 aliphatic rings. The standard InChI is InChI=1S/C18H16F2O3/c1-22-11-12-23-15-8-5-13(6-9-15)17(21)10-7-14-3-2-4-16(19)18(14)20/h2-10H,11-12H2,1H3. The molecule has 0 aliphatic carbocycles. The first kappa shape index (κ1) is 16.8. The van der Waals surface area contributed by atoms with Crippen LogP contribution in [0.25, 0.3) is 6.08 Å². The summed E-state index contributed by atoms with van der Waals surface area (Å²) >= 11 is 0. The van der Waals surface area contributed by atoms with Crippen LogP contribution in [-0.4, -0.2) is 26.1 Å². The Bertz CT molecular complexity index is 694. The fourth-order valence-corrected chi connectivity index (χ4v) is 1.87. The highest BCUT2D eigenvalue weighted by Gasteiger charge is 2.06. The van der Waals surface area contributed by atoms with Gasteiger partial charge in [-0.3, -0.25) is 4.79 Å². The molecule has 2 rings (SSSR count).